The molecule has 0 nitrogen and oxygen atoms in total. The number of rotatable bonds is 6. The Hall–Kier alpha value is -2.69. The van der Waals surface area contributed by atoms with Gasteiger partial charge in [-0.15, -0.1) is 0 Å². The van der Waals surface area contributed by atoms with Crippen molar-refractivity contribution in [1.29, 1.82) is 0 Å². The summed E-state index contributed by atoms with van der Waals surface area (Å²) in [6.07, 6.45) is 4.17. The summed E-state index contributed by atoms with van der Waals surface area (Å²) in [5.41, 5.74) is 0.750. The molecule has 0 saturated heterocycles. The minimum atomic E-state index is -3.62. The monoisotopic (exact) mass is 392 g/mol. The van der Waals surface area contributed by atoms with Gasteiger partial charge in [0.2, 0.25) is 0 Å². The fraction of sp³-hybridized carbons (Fsp3) is 0.217. The number of halogens is 5. The Morgan fingerprint density at radius 3 is 2.11 bits per heavy atom. The number of hydrogen-bond donors (Lipinski definition) is 0. The average molecular weight is 392 g/mol. The molecule has 0 spiro atoms. The van der Waals surface area contributed by atoms with Crippen molar-refractivity contribution in [3.63, 3.8) is 0 Å². The topological polar surface area (TPSA) is 0 Å². The SMILES string of the molecule is C=C/C(C)=C\C=C(/C)c1ccc(C(F)(F)Cc2cc(F)c(C)c(F)c2)c(F)c1. The zero-order chi connectivity index (χ0) is 21.1. The molecular weight excluding hydrogens is 371 g/mol. The van der Waals surface area contributed by atoms with Gasteiger partial charge in [0.25, 0.3) is 5.92 Å². The number of benzene rings is 2. The summed E-state index contributed by atoms with van der Waals surface area (Å²) < 4.78 is 70.8. The molecule has 5 heteroatoms. The minimum Gasteiger partial charge on any atom is -0.207 e. The molecule has 0 aliphatic heterocycles. The van der Waals surface area contributed by atoms with E-state index in [0.717, 1.165) is 29.8 Å². The first kappa shape index (κ1) is 21.6. The summed E-state index contributed by atoms with van der Waals surface area (Å²) >= 11 is 0. The maximum Gasteiger partial charge on any atom is 0.280 e. The molecule has 0 radical (unpaired) electrons. The lowest BCUT2D eigenvalue weighted by atomic mass is 9.96. The Kier molecular flexibility index (Phi) is 6.60. The number of hydrogen-bond acceptors (Lipinski definition) is 0. The molecule has 0 unspecified atom stereocenters. The van der Waals surface area contributed by atoms with Crippen molar-refractivity contribution >= 4 is 5.57 Å². The van der Waals surface area contributed by atoms with Crippen molar-refractivity contribution in [2.24, 2.45) is 0 Å². The highest BCUT2D eigenvalue weighted by Crippen LogP contribution is 2.35. The van der Waals surface area contributed by atoms with Crippen LogP contribution in [-0.4, -0.2) is 0 Å². The highest BCUT2D eigenvalue weighted by molar-refractivity contribution is 5.66. The molecule has 2 rings (SSSR count). The summed E-state index contributed by atoms with van der Waals surface area (Å²) in [6, 6.07) is 5.13. The molecule has 0 saturated carbocycles. The lowest BCUT2D eigenvalue weighted by Crippen LogP contribution is -2.19. The van der Waals surface area contributed by atoms with Crippen LogP contribution in [0.4, 0.5) is 22.0 Å². The Balaban J connectivity index is 2.33. The summed E-state index contributed by atoms with van der Waals surface area (Å²) in [4.78, 5) is 0. The molecule has 0 amide bonds. The highest BCUT2D eigenvalue weighted by atomic mass is 19.3. The van der Waals surface area contributed by atoms with Crippen LogP contribution in [0, 0.1) is 24.4 Å². The number of alkyl halides is 2. The average Bonchev–Trinajstić information content (AvgIpc) is 2.63. The van der Waals surface area contributed by atoms with Gasteiger partial charge in [0.15, 0.2) is 0 Å². The third-order valence-corrected chi connectivity index (χ3v) is 4.50. The largest absolute Gasteiger partial charge is 0.280 e. The van der Waals surface area contributed by atoms with Gasteiger partial charge in [-0.25, -0.2) is 22.0 Å². The van der Waals surface area contributed by atoms with Crippen molar-refractivity contribution in [2.75, 3.05) is 0 Å². The summed E-state index contributed by atoms with van der Waals surface area (Å²) in [7, 11) is 0. The molecule has 0 N–H and O–H groups in total. The molecule has 0 aliphatic carbocycles. The fourth-order valence-corrected chi connectivity index (χ4v) is 2.63. The van der Waals surface area contributed by atoms with E-state index in [4.69, 9.17) is 0 Å². The fourth-order valence-electron chi connectivity index (χ4n) is 2.63. The quantitative estimate of drug-likeness (QED) is 0.358. The van der Waals surface area contributed by atoms with Crippen LogP contribution in [0.1, 0.15) is 36.1 Å². The molecule has 0 fully saturated rings. The Bertz CT molecular complexity index is 928. The van der Waals surface area contributed by atoms with Gasteiger partial charge in [-0.3, -0.25) is 0 Å². The van der Waals surface area contributed by atoms with E-state index < -0.39 is 35.4 Å². The van der Waals surface area contributed by atoms with Gasteiger partial charge in [-0.1, -0.05) is 36.4 Å². The van der Waals surface area contributed by atoms with Gasteiger partial charge >= 0.3 is 0 Å². The van der Waals surface area contributed by atoms with Crippen molar-refractivity contribution in [3.8, 4) is 0 Å². The van der Waals surface area contributed by atoms with Crippen LogP contribution in [-0.2, 0) is 12.3 Å². The molecule has 2 aromatic rings. The standard InChI is InChI=1S/C23H21F5/c1-5-14(2)6-7-15(3)18-8-9-19(22(26)12-18)23(27,28)13-17-10-20(24)16(4)21(25)11-17/h5-12H,1,13H2,2-4H3/b14-6-,15-7+. The predicted molar refractivity (Wildman–Crippen MR) is 103 cm³/mol. The van der Waals surface area contributed by atoms with Gasteiger partial charge in [0.05, 0.1) is 5.56 Å². The molecule has 148 valence electrons. The molecular formula is C23H21F5. The van der Waals surface area contributed by atoms with Crippen molar-refractivity contribution in [1.82, 2.24) is 0 Å². The minimum absolute atomic E-state index is 0.241. The zero-order valence-electron chi connectivity index (χ0n) is 15.9. The van der Waals surface area contributed by atoms with Gasteiger partial charge in [-0.2, -0.15) is 0 Å². The molecule has 2 aromatic carbocycles. The second-order valence-corrected chi connectivity index (χ2v) is 6.72. The van der Waals surface area contributed by atoms with Crippen LogP contribution >= 0.6 is 0 Å². The molecule has 0 heterocycles. The highest BCUT2D eigenvalue weighted by Gasteiger charge is 2.35. The third kappa shape index (κ3) is 4.97. The van der Waals surface area contributed by atoms with E-state index in [2.05, 4.69) is 6.58 Å². The molecule has 28 heavy (non-hydrogen) atoms. The van der Waals surface area contributed by atoms with Gasteiger partial charge in [-0.05, 0) is 61.7 Å². The molecule has 0 aromatic heterocycles. The van der Waals surface area contributed by atoms with E-state index in [1.54, 1.807) is 25.2 Å². The molecule has 0 bridgehead atoms. The molecule has 0 atom stereocenters. The van der Waals surface area contributed by atoms with Gasteiger partial charge in [0, 0.05) is 12.0 Å². The van der Waals surface area contributed by atoms with Crippen LogP contribution < -0.4 is 0 Å². The normalized spacial score (nSPS) is 13.0. The van der Waals surface area contributed by atoms with Crippen molar-refractivity contribution in [3.05, 3.63) is 100 Å². The van der Waals surface area contributed by atoms with E-state index in [1.807, 2.05) is 6.92 Å². The first-order valence-corrected chi connectivity index (χ1v) is 8.65. The second kappa shape index (κ2) is 8.55. The number of allylic oxidation sites excluding steroid dienone is 5. The summed E-state index contributed by atoms with van der Waals surface area (Å²) in [6.45, 7) is 8.42. The van der Waals surface area contributed by atoms with Crippen LogP contribution in [0.5, 0.6) is 0 Å². The van der Waals surface area contributed by atoms with Gasteiger partial charge < -0.3 is 0 Å². The smallest absolute Gasteiger partial charge is 0.207 e. The second-order valence-electron chi connectivity index (χ2n) is 6.72. The summed E-state index contributed by atoms with van der Waals surface area (Å²) in [5, 5.41) is 0. The maximum absolute atomic E-state index is 14.6. The molecule has 0 aliphatic rings. The van der Waals surface area contributed by atoms with Crippen LogP contribution in [0.25, 0.3) is 5.57 Å². The lowest BCUT2D eigenvalue weighted by Gasteiger charge is -2.19. The van der Waals surface area contributed by atoms with Gasteiger partial charge in [0.1, 0.15) is 17.5 Å². The third-order valence-electron chi connectivity index (χ3n) is 4.50. The van der Waals surface area contributed by atoms with E-state index in [-0.39, 0.29) is 11.1 Å². The first-order valence-electron chi connectivity index (χ1n) is 8.65. The maximum atomic E-state index is 14.6. The van der Waals surface area contributed by atoms with E-state index >= 15 is 0 Å². The Morgan fingerprint density at radius 1 is 0.964 bits per heavy atom. The lowest BCUT2D eigenvalue weighted by molar-refractivity contribution is -0.00740. The van der Waals surface area contributed by atoms with Crippen LogP contribution in [0.15, 0.2) is 60.7 Å². The Labute approximate surface area is 161 Å². The van der Waals surface area contributed by atoms with E-state index in [1.165, 1.54) is 13.0 Å². The van der Waals surface area contributed by atoms with E-state index in [9.17, 15) is 22.0 Å². The van der Waals surface area contributed by atoms with Crippen LogP contribution in [0.3, 0.4) is 0 Å². The van der Waals surface area contributed by atoms with Crippen molar-refractivity contribution in [2.45, 2.75) is 33.1 Å². The summed E-state index contributed by atoms with van der Waals surface area (Å²) in [5.74, 6) is -6.52. The van der Waals surface area contributed by atoms with Crippen molar-refractivity contribution < 1.29 is 22.0 Å². The first-order chi connectivity index (χ1) is 13.0. The zero-order valence-corrected chi connectivity index (χ0v) is 15.9. The predicted octanol–water partition coefficient (Wildman–Crippen LogP) is 7.28. The van der Waals surface area contributed by atoms with E-state index in [0.29, 0.717) is 11.1 Å². The Morgan fingerprint density at radius 2 is 1.57 bits per heavy atom. The van der Waals surface area contributed by atoms with Crippen LogP contribution in [0.2, 0.25) is 0 Å².